The molecule has 1 atom stereocenters. The molecule has 0 radical (unpaired) electrons. The van der Waals surface area contributed by atoms with Crippen LogP contribution in [0.5, 0.6) is 0 Å². The summed E-state index contributed by atoms with van der Waals surface area (Å²) >= 11 is 11.6. The zero-order valence-electron chi connectivity index (χ0n) is 9.91. The molecule has 0 saturated heterocycles. The highest BCUT2D eigenvalue weighted by atomic mass is 35.5. The third-order valence-corrected chi connectivity index (χ3v) is 2.96. The summed E-state index contributed by atoms with van der Waals surface area (Å²) in [6, 6.07) is 3.48. The van der Waals surface area contributed by atoms with Crippen LogP contribution in [0.2, 0.25) is 10.0 Å². The van der Waals surface area contributed by atoms with E-state index in [-0.39, 0.29) is 16.5 Å². The topological polar surface area (TPSA) is 66.4 Å². The molecule has 0 aromatic heterocycles. The van der Waals surface area contributed by atoms with Crippen molar-refractivity contribution in [3.8, 4) is 0 Å². The first-order valence-electron chi connectivity index (χ1n) is 5.31. The summed E-state index contributed by atoms with van der Waals surface area (Å²) in [5.74, 6) is -1.87. The summed E-state index contributed by atoms with van der Waals surface area (Å²) in [5.41, 5.74) is 0.163. The first-order valence-corrected chi connectivity index (χ1v) is 6.07. The van der Waals surface area contributed by atoms with Crippen LogP contribution in [0.3, 0.4) is 0 Å². The molecule has 0 aliphatic heterocycles. The molecule has 1 amide bonds. The van der Waals surface area contributed by atoms with Gasteiger partial charge in [0.1, 0.15) is 6.04 Å². The van der Waals surface area contributed by atoms with Crippen molar-refractivity contribution in [2.45, 2.75) is 19.9 Å². The number of carboxylic acids is 1. The summed E-state index contributed by atoms with van der Waals surface area (Å²) < 4.78 is 0. The zero-order valence-corrected chi connectivity index (χ0v) is 11.4. The Kier molecular flexibility index (Phi) is 4.99. The van der Waals surface area contributed by atoms with Gasteiger partial charge >= 0.3 is 5.97 Å². The second kappa shape index (κ2) is 6.07. The van der Waals surface area contributed by atoms with Gasteiger partial charge in [-0.2, -0.15) is 0 Å². The van der Waals surface area contributed by atoms with E-state index in [1.54, 1.807) is 19.9 Å². The summed E-state index contributed by atoms with van der Waals surface area (Å²) in [5, 5.41) is 12.0. The first-order chi connectivity index (χ1) is 8.32. The predicted octanol–water partition coefficient (Wildman–Crippen LogP) is 2.83. The molecule has 2 N–H and O–H groups in total. The van der Waals surface area contributed by atoms with Gasteiger partial charge in [-0.25, -0.2) is 4.79 Å². The molecular formula is C12H13Cl2NO3. The minimum absolute atomic E-state index is 0.163. The molecule has 98 valence electrons. The van der Waals surface area contributed by atoms with Gasteiger partial charge in [0, 0.05) is 5.02 Å². The zero-order chi connectivity index (χ0) is 13.9. The van der Waals surface area contributed by atoms with Gasteiger partial charge in [0.2, 0.25) is 0 Å². The SMILES string of the molecule is CC(C)[C@@H](NC(=O)c1cc(Cl)ccc1Cl)C(=O)O. The predicted molar refractivity (Wildman–Crippen MR) is 70.2 cm³/mol. The lowest BCUT2D eigenvalue weighted by atomic mass is 10.0. The van der Waals surface area contributed by atoms with Crippen molar-refractivity contribution in [3.05, 3.63) is 33.8 Å². The van der Waals surface area contributed by atoms with Crippen LogP contribution in [0, 0.1) is 5.92 Å². The van der Waals surface area contributed by atoms with Gasteiger partial charge in [-0.15, -0.1) is 0 Å². The highest BCUT2D eigenvalue weighted by molar-refractivity contribution is 6.35. The van der Waals surface area contributed by atoms with Crippen molar-refractivity contribution in [2.24, 2.45) is 5.92 Å². The minimum Gasteiger partial charge on any atom is -0.480 e. The number of rotatable bonds is 4. The normalized spacial score (nSPS) is 12.3. The molecule has 0 aliphatic rings. The van der Waals surface area contributed by atoms with Crippen LogP contribution >= 0.6 is 23.2 Å². The van der Waals surface area contributed by atoms with E-state index in [1.807, 2.05) is 0 Å². The summed E-state index contributed by atoms with van der Waals surface area (Å²) in [6.45, 7) is 3.41. The maximum atomic E-state index is 11.9. The van der Waals surface area contributed by atoms with Crippen LogP contribution in [0.1, 0.15) is 24.2 Å². The van der Waals surface area contributed by atoms with Crippen LogP contribution in [-0.4, -0.2) is 23.0 Å². The molecule has 1 aromatic rings. The van der Waals surface area contributed by atoms with Gasteiger partial charge in [0.05, 0.1) is 10.6 Å². The third-order valence-electron chi connectivity index (χ3n) is 2.39. The lowest BCUT2D eigenvalue weighted by molar-refractivity contribution is -0.140. The van der Waals surface area contributed by atoms with Gasteiger partial charge in [-0.3, -0.25) is 4.79 Å². The number of carboxylic acid groups (broad SMARTS) is 1. The van der Waals surface area contributed by atoms with E-state index in [0.29, 0.717) is 5.02 Å². The molecule has 1 rings (SSSR count). The molecular weight excluding hydrogens is 277 g/mol. The molecule has 1 aromatic carbocycles. The number of hydrogen-bond acceptors (Lipinski definition) is 2. The second-order valence-electron chi connectivity index (χ2n) is 4.16. The van der Waals surface area contributed by atoms with E-state index < -0.39 is 17.9 Å². The number of nitrogens with one attached hydrogen (secondary N) is 1. The van der Waals surface area contributed by atoms with Gasteiger partial charge in [0.25, 0.3) is 5.91 Å². The Morgan fingerprint density at radius 3 is 2.39 bits per heavy atom. The molecule has 0 aliphatic carbocycles. The molecule has 18 heavy (non-hydrogen) atoms. The molecule has 0 heterocycles. The summed E-state index contributed by atoms with van der Waals surface area (Å²) in [6.07, 6.45) is 0. The van der Waals surface area contributed by atoms with Crippen molar-refractivity contribution >= 4 is 35.1 Å². The van der Waals surface area contributed by atoms with Crippen molar-refractivity contribution in [3.63, 3.8) is 0 Å². The van der Waals surface area contributed by atoms with Crippen LogP contribution in [0.25, 0.3) is 0 Å². The Morgan fingerprint density at radius 2 is 1.89 bits per heavy atom. The highest BCUT2D eigenvalue weighted by Crippen LogP contribution is 2.20. The average molecular weight is 290 g/mol. The number of amides is 1. The van der Waals surface area contributed by atoms with Crippen molar-refractivity contribution < 1.29 is 14.7 Å². The van der Waals surface area contributed by atoms with E-state index in [2.05, 4.69) is 5.32 Å². The lowest BCUT2D eigenvalue weighted by Crippen LogP contribution is -2.44. The molecule has 0 saturated carbocycles. The van der Waals surface area contributed by atoms with E-state index >= 15 is 0 Å². The number of carbonyl (C=O) groups excluding carboxylic acids is 1. The number of benzene rings is 1. The fourth-order valence-electron chi connectivity index (χ4n) is 1.40. The minimum atomic E-state index is -1.09. The van der Waals surface area contributed by atoms with Gasteiger partial charge in [0.15, 0.2) is 0 Å². The second-order valence-corrected chi connectivity index (χ2v) is 5.00. The van der Waals surface area contributed by atoms with Gasteiger partial charge in [-0.05, 0) is 24.1 Å². The third kappa shape index (κ3) is 3.62. The Bertz CT molecular complexity index is 474. The van der Waals surface area contributed by atoms with E-state index in [1.165, 1.54) is 12.1 Å². The average Bonchev–Trinajstić information content (AvgIpc) is 2.28. The van der Waals surface area contributed by atoms with Crippen molar-refractivity contribution in [2.75, 3.05) is 0 Å². The molecule has 0 spiro atoms. The smallest absolute Gasteiger partial charge is 0.326 e. The number of halogens is 2. The molecule has 0 bridgehead atoms. The van der Waals surface area contributed by atoms with Crippen molar-refractivity contribution in [1.82, 2.24) is 5.32 Å². The largest absolute Gasteiger partial charge is 0.480 e. The standard InChI is InChI=1S/C12H13Cl2NO3/c1-6(2)10(12(17)18)15-11(16)8-5-7(13)3-4-9(8)14/h3-6,10H,1-2H3,(H,15,16)(H,17,18)/t10-/m1/s1. The fourth-order valence-corrected chi connectivity index (χ4v) is 1.78. The summed E-state index contributed by atoms with van der Waals surface area (Å²) in [4.78, 5) is 22.9. The van der Waals surface area contributed by atoms with E-state index in [9.17, 15) is 9.59 Å². The van der Waals surface area contributed by atoms with Crippen LogP contribution in [-0.2, 0) is 4.79 Å². The Hall–Kier alpha value is -1.26. The Morgan fingerprint density at radius 1 is 1.28 bits per heavy atom. The first kappa shape index (κ1) is 14.8. The maximum absolute atomic E-state index is 11.9. The number of aliphatic carboxylic acids is 1. The monoisotopic (exact) mass is 289 g/mol. The van der Waals surface area contributed by atoms with Crippen LogP contribution < -0.4 is 5.32 Å². The van der Waals surface area contributed by atoms with Gasteiger partial charge in [-0.1, -0.05) is 37.0 Å². The fraction of sp³-hybridized carbons (Fsp3) is 0.333. The molecule has 4 nitrogen and oxygen atoms in total. The maximum Gasteiger partial charge on any atom is 0.326 e. The van der Waals surface area contributed by atoms with Crippen LogP contribution in [0.15, 0.2) is 18.2 Å². The van der Waals surface area contributed by atoms with Gasteiger partial charge < -0.3 is 10.4 Å². The van der Waals surface area contributed by atoms with Crippen molar-refractivity contribution in [1.29, 1.82) is 0 Å². The quantitative estimate of drug-likeness (QED) is 0.896. The molecule has 0 fully saturated rings. The number of carbonyl (C=O) groups is 2. The highest BCUT2D eigenvalue weighted by Gasteiger charge is 2.24. The van der Waals surface area contributed by atoms with E-state index in [0.717, 1.165) is 0 Å². The lowest BCUT2D eigenvalue weighted by Gasteiger charge is -2.18. The van der Waals surface area contributed by atoms with Crippen LogP contribution in [0.4, 0.5) is 0 Å². The summed E-state index contributed by atoms with van der Waals surface area (Å²) in [7, 11) is 0. The van der Waals surface area contributed by atoms with E-state index in [4.69, 9.17) is 28.3 Å². The molecule has 0 unspecified atom stereocenters. The Labute approximate surface area is 115 Å². The molecule has 6 heteroatoms. The number of hydrogen-bond donors (Lipinski definition) is 2. The Balaban J connectivity index is 2.94.